The van der Waals surface area contributed by atoms with Gasteiger partial charge in [-0.2, -0.15) is 13.2 Å². The smallest absolute Gasteiger partial charge is 0.418 e. The number of halogens is 3. The first-order chi connectivity index (χ1) is 10.4. The van der Waals surface area contributed by atoms with Crippen molar-refractivity contribution in [2.24, 2.45) is 0 Å². The molecule has 22 heavy (non-hydrogen) atoms. The van der Waals surface area contributed by atoms with Crippen molar-refractivity contribution in [2.75, 3.05) is 7.11 Å². The zero-order valence-electron chi connectivity index (χ0n) is 11.5. The lowest BCUT2D eigenvalue weighted by atomic mass is 10.2. The molecular formula is C14H12F3N3OS. The van der Waals surface area contributed by atoms with Crippen LogP contribution in [0.1, 0.15) is 11.3 Å². The lowest BCUT2D eigenvalue weighted by Gasteiger charge is -2.08. The van der Waals surface area contributed by atoms with E-state index in [1.807, 2.05) is 0 Å². The molecule has 1 atom stereocenters. The van der Waals surface area contributed by atoms with Crippen molar-refractivity contribution < 1.29 is 17.9 Å². The quantitative estimate of drug-likeness (QED) is 0.926. The summed E-state index contributed by atoms with van der Waals surface area (Å²) >= 11 is 0. The SMILES string of the molecule is COc1ccnc(S(=N)/C=C/c2ncccc2C(F)(F)F)c1. The molecule has 2 rings (SSSR count). The van der Waals surface area contributed by atoms with E-state index in [4.69, 9.17) is 9.52 Å². The van der Waals surface area contributed by atoms with Crippen molar-refractivity contribution in [3.8, 4) is 5.75 Å². The Hall–Kier alpha value is -2.22. The van der Waals surface area contributed by atoms with Crippen LogP contribution in [0.15, 0.2) is 47.1 Å². The standard InChI is InChI=1S/C14H12F3N3OS/c1-21-10-4-7-20-13(9-10)22(18)8-5-12-11(14(15,16)17)3-2-6-19-12/h2-9,18H,1H3/b8-5+. The van der Waals surface area contributed by atoms with Crippen molar-refractivity contribution in [2.45, 2.75) is 11.2 Å². The number of nitrogens with one attached hydrogen (secondary N) is 1. The zero-order chi connectivity index (χ0) is 16.2. The van der Waals surface area contributed by atoms with Gasteiger partial charge in [-0.1, -0.05) is 0 Å². The average molecular weight is 327 g/mol. The second-order valence-corrected chi connectivity index (χ2v) is 5.47. The van der Waals surface area contributed by atoms with Gasteiger partial charge in [-0.05, 0) is 40.4 Å². The molecule has 0 aromatic carbocycles. The van der Waals surface area contributed by atoms with E-state index in [-0.39, 0.29) is 5.69 Å². The third-order valence-electron chi connectivity index (χ3n) is 2.67. The number of nitrogens with zero attached hydrogens (tertiary/aromatic N) is 2. The number of methoxy groups -OCH3 is 1. The summed E-state index contributed by atoms with van der Waals surface area (Å²) in [6.07, 6.45) is -0.526. The molecule has 116 valence electrons. The Morgan fingerprint density at radius 1 is 1.23 bits per heavy atom. The van der Waals surface area contributed by atoms with Gasteiger partial charge in [0.1, 0.15) is 10.8 Å². The monoisotopic (exact) mass is 327 g/mol. The number of rotatable bonds is 4. The van der Waals surface area contributed by atoms with Crippen molar-refractivity contribution >= 4 is 16.8 Å². The van der Waals surface area contributed by atoms with E-state index in [1.54, 1.807) is 12.1 Å². The summed E-state index contributed by atoms with van der Waals surface area (Å²) in [5.41, 5.74) is -1.05. The number of alkyl halides is 3. The molecule has 0 saturated heterocycles. The Kier molecular flexibility index (Phi) is 4.92. The second-order valence-electron chi connectivity index (χ2n) is 4.11. The third kappa shape index (κ3) is 3.91. The van der Waals surface area contributed by atoms with Crippen LogP contribution in [0.4, 0.5) is 13.2 Å². The van der Waals surface area contributed by atoms with E-state index in [0.717, 1.165) is 6.07 Å². The maximum Gasteiger partial charge on any atom is 0.418 e. The molecule has 0 aliphatic rings. The minimum atomic E-state index is -4.48. The predicted octanol–water partition coefficient (Wildman–Crippen LogP) is 3.91. The molecule has 8 heteroatoms. The van der Waals surface area contributed by atoms with E-state index < -0.39 is 22.4 Å². The molecule has 4 nitrogen and oxygen atoms in total. The molecule has 0 fully saturated rings. The van der Waals surface area contributed by atoms with Crippen LogP contribution >= 0.6 is 0 Å². The van der Waals surface area contributed by atoms with Crippen molar-refractivity contribution in [3.63, 3.8) is 0 Å². The zero-order valence-corrected chi connectivity index (χ0v) is 12.3. The van der Waals surface area contributed by atoms with E-state index in [0.29, 0.717) is 10.8 Å². The van der Waals surface area contributed by atoms with Crippen LogP contribution in [0, 0.1) is 4.78 Å². The summed E-state index contributed by atoms with van der Waals surface area (Å²) in [6.45, 7) is 0. The van der Waals surface area contributed by atoms with Gasteiger partial charge in [-0.15, -0.1) is 0 Å². The average Bonchev–Trinajstić information content (AvgIpc) is 2.52. The first kappa shape index (κ1) is 16.2. The number of aromatic nitrogens is 2. The summed E-state index contributed by atoms with van der Waals surface area (Å²) in [5.74, 6) is 0.539. The minimum absolute atomic E-state index is 0.220. The van der Waals surface area contributed by atoms with Gasteiger partial charge in [-0.25, -0.2) is 4.98 Å². The molecule has 2 aromatic heterocycles. The first-order valence-electron chi connectivity index (χ1n) is 6.06. The molecule has 0 saturated carbocycles. The summed E-state index contributed by atoms with van der Waals surface area (Å²) in [5, 5.41) is 1.74. The highest BCUT2D eigenvalue weighted by Gasteiger charge is 2.33. The van der Waals surface area contributed by atoms with Gasteiger partial charge >= 0.3 is 6.18 Å². The maximum absolute atomic E-state index is 12.8. The Morgan fingerprint density at radius 3 is 2.68 bits per heavy atom. The van der Waals surface area contributed by atoms with Gasteiger partial charge in [0.25, 0.3) is 0 Å². The van der Waals surface area contributed by atoms with Gasteiger partial charge in [0, 0.05) is 18.5 Å². The molecule has 1 unspecified atom stereocenters. The fourth-order valence-corrected chi connectivity index (χ4v) is 2.45. The molecule has 1 N–H and O–H groups in total. The lowest BCUT2D eigenvalue weighted by molar-refractivity contribution is -0.138. The van der Waals surface area contributed by atoms with Crippen molar-refractivity contribution in [1.29, 1.82) is 4.78 Å². The molecule has 0 aliphatic heterocycles. The molecule has 2 aromatic rings. The Morgan fingerprint density at radius 2 is 2.00 bits per heavy atom. The molecule has 2 heterocycles. The van der Waals surface area contributed by atoms with E-state index >= 15 is 0 Å². The first-order valence-corrected chi connectivity index (χ1v) is 7.35. The fraction of sp³-hybridized carbons (Fsp3) is 0.143. The van der Waals surface area contributed by atoms with Crippen LogP contribution in [0.3, 0.4) is 0 Å². The van der Waals surface area contributed by atoms with Crippen LogP contribution in [0.5, 0.6) is 5.75 Å². The third-order valence-corrected chi connectivity index (χ3v) is 3.76. The van der Waals surface area contributed by atoms with Crippen LogP contribution in [-0.2, 0) is 16.9 Å². The lowest BCUT2D eigenvalue weighted by Crippen LogP contribution is -2.08. The molecule has 0 aliphatic carbocycles. The Labute approximate surface area is 127 Å². The highest BCUT2D eigenvalue weighted by Crippen LogP contribution is 2.31. The highest BCUT2D eigenvalue weighted by atomic mass is 32.2. The topological polar surface area (TPSA) is 58.9 Å². The predicted molar refractivity (Wildman–Crippen MR) is 77.4 cm³/mol. The van der Waals surface area contributed by atoms with Gasteiger partial charge < -0.3 is 4.74 Å². The molecule has 0 bridgehead atoms. The van der Waals surface area contributed by atoms with Crippen LogP contribution in [0.2, 0.25) is 0 Å². The van der Waals surface area contributed by atoms with Crippen LogP contribution in [0.25, 0.3) is 6.08 Å². The largest absolute Gasteiger partial charge is 0.497 e. The normalized spacial score (nSPS) is 13.3. The number of hydrogen-bond donors (Lipinski definition) is 1. The number of pyridine rings is 2. The summed E-state index contributed by atoms with van der Waals surface area (Å²) in [7, 11) is 0.277. The van der Waals surface area contributed by atoms with Gasteiger partial charge in [-0.3, -0.25) is 9.76 Å². The molecule has 0 radical (unpaired) electrons. The molecular weight excluding hydrogens is 315 g/mol. The summed E-state index contributed by atoms with van der Waals surface area (Å²) in [6, 6.07) is 5.39. The fourth-order valence-electron chi connectivity index (χ4n) is 1.63. The minimum Gasteiger partial charge on any atom is -0.497 e. The van der Waals surface area contributed by atoms with Crippen LogP contribution in [-0.4, -0.2) is 17.1 Å². The summed E-state index contributed by atoms with van der Waals surface area (Å²) < 4.78 is 51.5. The summed E-state index contributed by atoms with van der Waals surface area (Å²) in [4.78, 5) is 7.74. The molecule has 0 amide bonds. The maximum atomic E-state index is 12.8. The number of ether oxygens (including phenoxy) is 1. The van der Waals surface area contributed by atoms with Gasteiger partial charge in [0.05, 0.1) is 18.4 Å². The highest BCUT2D eigenvalue weighted by molar-refractivity contribution is 7.89. The Bertz CT molecular complexity index is 716. The second kappa shape index (κ2) is 6.69. The van der Waals surface area contributed by atoms with E-state index in [1.165, 1.54) is 37.1 Å². The van der Waals surface area contributed by atoms with Crippen LogP contribution < -0.4 is 4.74 Å². The van der Waals surface area contributed by atoms with Crippen molar-refractivity contribution in [3.05, 3.63) is 53.3 Å². The Balaban J connectivity index is 2.27. The van der Waals surface area contributed by atoms with Crippen molar-refractivity contribution in [1.82, 2.24) is 9.97 Å². The van der Waals surface area contributed by atoms with E-state index in [9.17, 15) is 13.2 Å². The van der Waals surface area contributed by atoms with Gasteiger partial charge in [0.15, 0.2) is 0 Å². The van der Waals surface area contributed by atoms with E-state index in [2.05, 4.69) is 9.97 Å². The number of hydrogen-bond acceptors (Lipinski definition) is 4. The molecule has 0 spiro atoms. The van der Waals surface area contributed by atoms with Gasteiger partial charge in [0.2, 0.25) is 0 Å².